The minimum absolute atomic E-state index is 0.216. The Morgan fingerprint density at radius 3 is 2.65 bits per heavy atom. The van der Waals surface area contributed by atoms with Gasteiger partial charge in [0, 0.05) is 0 Å². The standard InChI is InChI=1S/C28H38O3/c1-2-3-5-12-23(29)14-15-24-25-16-21-11-8-13-28(26(21)17-22(25)18-27(24)30)31-19-20-9-6-4-7-10-20/h4,6-11,13,22-25,27,29-30H,2-3,5,12,14-19H2,1H3/t22-,23-,24+,25-,27+/m0/s1. The Kier molecular flexibility index (Phi) is 7.68. The SMILES string of the molecule is CCCCC[C@H](O)CC[C@@H]1[C@H]2Cc3cccc(OCc4ccccc4)c3C[C@H]2C[C@H]1O. The molecule has 2 aromatic carbocycles. The molecule has 0 aromatic heterocycles. The van der Waals surface area contributed by atoms with Crippen molar-refractivity contribution in [3.8, 4) is 5.75 Å². The summed E-state index contributed by atoms with van der Waals surface area (Å²) in [6.07, 6.45) is 8.60. The highest BCUT2D eigenvalue weighted by Crippen LogP contribution is 2.48. The number of aliphatic hydroxyl groups is 2. The number of rotatable bonds is 10. The third kappa shape index (κ3) is 5.51. The van der Waals surface area contributed by atoms with Crippen molar-refractivity contribution in [3.05, 3.63) is 65.2 Å². The van der Waals surface area contributed by atoms with Gasteiger partial charge in [0.15, 0.2) is 0 Å². The Bertz CT molecular complexity index is 818. The normalized spacial score (nSPS) is 25.6. The summed E-state index contributed by atoms with van der Waals surface area (Å²) >= 11 is 0. The smallest absolute Gasteiger partial charge is 0.123 e. The van der Waals surface area contributed by atoms with Gasteiger partial charge in [-0.2, -0.15) is 0 Å². The second-order valence-corrected chi connectivity index (χ2v) is 9.69. The van der Waals surface area contributed by atoms with Crippen molar-refractivity contribution < 1.29 is 14.9 Å². The van der Waals surface area contributed by atoms with Gasteiger partial charge >= 0.3 is 0 Å². The van der Waals surface area contributed by atoms with Crippen LogP contribution in [0.2, 0.25) is 0 Å². The minimum atomic E-state index is -0.235. The molecule has 0 saturated heterocycles. The number of fused-ring (bicyclic) bond motifs is 2. The van der Waals surface area contributed by atoms with Crippen molar-refractivity contribution in [1.82, 2.24) is 0 Å². The molecule has 2 aliphatic rings. The molecule has 31 heavy (non-hydrogen) atoms. The summed E-state index contributed by atoms with van der Waals surface area (Å²) in [5.41, 5.74) is 3.91. The first kappa shape index (κ1) is 22.4. The van der Waals surface area contributed by atoms with Crippen molar-refractivity contribution in [3.63, 3.8) is 0 Å². The first-order valence-corrected chi connectivity index (χ1v) is 12.3. The molecular weight excluding hydrogens is 384 g/mol. The molecule has 168 valence electrons. The summed E-state index contributed by atoms with van der Waals surface area (Å²) in [7, 11) is 0. The van der Waals surface area contributed by atoms with Gasteiger partial charge in [-0.25, -0.2) is 0 Å². The van der Waals surface area contributed by atoms with E-state index in [1.54, 1.807) is 0 Å². The van der Waals surface area contributed by atoms with E-state index in [4.69, 9.17) is 4.74 Å². The van der Waals surface area contributed by atoms with Crippen molar-refractivity contribution >= 4 is 0 Å². The summed E-state index contributed by atoms with van der Waals surface area (Å²) in [5, 5.41) is 21.2. The number of ether oxygens (including phenoxy) is 1. The van der Waals surface area contributed by atoms with Crippen LogP contribution >= 0.6 is 0 Å². The fourth-order valence-corrected chi connectivity index (χ4v) is 5.83. The molecule has 0 radical (unpaired) electrons. The van der Waals surface area contributed by atoms with Crippen LogP contribution in [0, 0.1) is 17.8 Å². The van der Waals surface area contributed by atoms with E-state index in [-0.39, 0.29) is 12.2 Å². The molecule has 0 spiro atoms. The molecule has 1 fully saturated rings. The summed E-state index contributed by atoms with van der Waals surface area (Å²) in [5.74, 6) is 2.36. The molecule has 0 unspecified atom stereocenters. The fourth-order valence-electron chi connectivity index (χ4n) is 5.83. The molecule has 5 atom stereocenters. The Morgan fingerprint density at radius 2 is 1.84 bits per heavy atom. The highest BCUT2D eigenvalue weighted by molar-refractivity contribution is 5.43. The van der Waals surface area contributed by atoms with E-state index in [1.165, 1.54) is 29.5 Å². The van der Waals surface area contributed by atoms with Crippen LogP contribution in [0.5, 0.6) is 5.75 Å². The monoisotopic (exact) mass is 422 g/mol. The maximum absolute atomic E-state index is 10.8. The number of aliphatic hydroxyl groups excluding tert-OH is 2. The molecule has 2 aromatic rings. The van der Waals surface area contributed by atoms with Gasteiger partial charge in [0.1, 0.15) is 12.4 Å². The molecule has 4 rings (SSSR count). The Balaban J connectivity index is 1.38. The lowest BCUT2D eigenvalue weighted by atomic mass is 9.73. The third-order valence-corrected chi connectivity index (χ3v) is 7.56. The molecule has 0 aliphatic heterocycles. The zero-order chi connectivity index (χ0) is 21.6. The fraction of sp³-hybridized carbons (Fsp3) is 0.571. The van der Waals surface area contributed by atoms with E-state index in [1.807, 2.05) is 18.2 Å². The van der Waals surface area contributed by atoms with Crippen LogP contribution in [0.1, 0.15) is 68.6 Å². The lowest BCUT2D eigenvalue weighted by Gasteiger charge is -2.32. The number of hydrogen-bond acceptors (Lipinski definition) is 3. The maximum Gasteiger partial charge on any atom is 0.123 e. The highest BCUT2D eigenvalue weighted by atomic mass is 16.5. The van der Waals surface area contributed by atoms with E-state index in [0.717, 1.165) is 50.7 Å². The van der Waals surface area contributed by atoms with E-state index in [0.29, 0.717) is 24.4 Å². The number of hydrogen-bond donors (Lipinski definition) is 2. The summed E-state index contributed by atoms with van der Waals surface area (Å²) < 4.78 is 6.22. The van der Waals surface area contributed by atoms with Crippen LogP contribution in [0.3, 0.4) is 0 Å². The quantitative estimate of drug-likeness (QED) is 0.483. The molecule has 2 aliphatic carbocycles. The van der Waals surface area contributed by atoms with E-state index < -0.39 is 0 Å². The van der Waals surface area contributed by atoms with Gasteiger partial charge in [-0.05, 0) is 79.0 Å². The van der Waals surface area contributed by atoms with Crippen LogP contribution in [-0.4, -0.2) is 22.4 Å². The average molecular weight is 423 g/mol. The summed E-state index contributed by atoms with van der Waals surface area (Å²) in [4.78, 5) is 0. The van der Waals surface area contributed by atoms with Crippen molar-refractivity contribution in [1.29, 1.82) is 0 Å². The molecule has 3 nitrogen and oxygen atoms in total. The topological polar surface area (TPSA) is 49.7 Å². The van der Waals surface area contributed by atoms with Gasteiger partial charge < -0.3 is 14.9 Å². The molecule has 0 amide bonds. The number of unbranched alkanes of at least 4 members (excludes halogenated alkanes) is 2. The molecular formula is C28H38O3. The van der Waals surface area contributed by atoms with E-state index >= 15 is 0 Å². The zero-order valence-corrected chi connectivity index (χ0v) is 18.9. The average Bonchev–Trinajstić information content (AvgIpc) is 3.09. The Morgan fingerprint density at radius 1 is 1.00 bits per heavy atom. The van der Waals surface area contributed by atoms with Gasteiger partial charge in [0.2, 0.25) is 0 Å². The van der Waals surface area contributed by atoms with Crippen LogP contribution in [0.15, 0.2) is 48.5 Å². The predicted octanol–water partition coefficient (Wildman–Crippen LogP) is 5.70. The first-order chi connectivity index (χ1) is 15.2. The van der Waals surface area contributed by atoms with Crippen molar-refractivity contribution in [2.75, 3.05) is 0 Å². The van der Waals surface area contributed by atoms with Gasteiger partial charge in [-0.3, -0.25) is 0 Å². The molecule has 3 heteroatoms. The molecule has 0 heterocycles. The van der Waals surface area contributed by atoms with Crippen molar-refractivity contribution in [2.24, 2.45) is 17.8 Å². The first-order valence-electron chi connectivity index (χ1n) is 12.3. The second kappa shape index (κ2) is 10.7. The Hall–Kier alpha value is -1.84. The Labute approximate surface area is 187 Å². The largest absolute Gasteiger partial charge is 0.489 e. The molecule has 0 bridgehead atoms. The lowest BCUT2D eigenvalue weighted by molar-refractivity contribution is 0.0869. The van der Waals surface area contributed by atoms with E-state index in [2.05, 4.69) is 37.3 Å². The van der Waals surface area contributed by atoms with Gasteiger partial charge in [-0.1, -0.05) is 68.7 Å². The second-order valence-electron chi connectivity index (χ2n) is 9.69. The van der Waals surface area contributed by atoms with Crippen LogP contribution < -0.4 is 4.74 Å². The van der Waals surface area contributed by atoms with Crippen LogP contribution in [0.4, 0.5) is 0 Å². The summed E-state index contributed by atoms with van der Waals surface area (Å²) in [6, 6.07) is 16.8. The van der Waals surface area contributed by atoms with E-state index in [9.17, 15) is 10.2 Å². The molecule has 2 N–H and O–H groups in total. The minimum Gasteiger partial charge on any atom is -0.489 e. The zero-order valence-electron chi connectivity index (χ0n) is 18.9. The van der Waals surface area contributed by atoms with Crippen molar-refractivity contribution in [2.45, 2.75) is 83.5 Å². The predicted molar refractivity (Wildman–Crippen MR) is 125 cm³/mol. The van der Waals surface area contributed by atoms with Crippen LogP contribution in [-0.2, 0) is 19.4 Å². The maximum atomic E-state index is 10.8. The van der Waals surface area contributed by atoms with Gasteiger partial charge in [0.05, 0.1) is 12.2 Å². The molecule has 1 saturated carbocycles. The van der Waals surface area contributed by atoms with Gasteiger partial charge in [-0.15, -0.1) is 0 Å². The summed E-state index contributed by atoms with van der Waals surface area (Å²) in [6.45, 7) is 2.78. The number of benzene rings is 2. The third-order valence-electron chi connectivity index (χ3n) is 7.56. The highest BCUT2D eigenvalue weighted by Gasteiger charge is 2.44. The lowest BCUT2D eigenvalue weighted by Crippen LogP contribution is -2.28. The van der Waals surface area contributed by atoms with Crippen LogP contribution in [0.25, 0.3) is 0 Å². The van der Waals surface area contributed by atoms with Gasteiger partial charge in [0.25, 0.3) is 0 Å².